The summed E-state index contributed by atoms with van der Waals surface area (Å²) in [6.07, 6.45) is 1.98. The van der Waals surface area contributed by atoms with Crippen LogP contribution in [0.1, 0.15) is 13.3 Å². The molecule has 0 aliphatic heterocycles. The van der Waals surface area contributed by atoms with Crippen LogP contribution >= 0.6 is 11.8 Å². The van der Waals surface area contributed by atoms with Crippen LogP contribution in [0.15, 0.2) is 0 Å². The number of pyridine rings is 1. The first-order valence-electron chi connectivity index (χ1n) is 6.43. The van der Waals surface area contributed by atoms with Crippen LogP contribution in [-0.2, 0) is 9.53 Å². The van der Waals surface area contributed by atoms with Crippen molar-refractivity contribution in [1.82, 2.24) is 4.98 Å². The fourth-order valence-electron chi connectivity index (χ4n) is 1.88. The van der Waals surface area contributed by atoms with Gasteiger partial charge in [0.15, 0.2) is 0 Å². The van der Waals surface area contributed by atoms with E-state index in [-0.39, 0.29) is 13.0 Å². The van der Waals surface area contributed by atoms with E-state index in [1.54, 1.807) is 13.2 Å². The molecule has 0 aliphatic rings. The van der Waals surface area contributed by atoms with Gasteiger partial charge in [0.25, 0.3) is 11.9 Å². The summed E-state index contributed by atoms with van der Waals surface area (Å²) in [4.78, 5) is 15.3. The maximum Gasteiger partial charge on any atom is 0.328 e. The predicted molar refractivity (Wildman–Crippen MR) is 75.9 cm³/mol. The molecule has 0 N–H and O–H groups in total. The van der Waals surface area contributed by atoms with Crippen LogP contribution in [0.5, 0.6) is 0 Å². The summed E-state index contributed by atoms with van der Waals surface area (Å²) in [5.41, 5.74) is -0.982. The molecule has 1 heterocycles. The number of carbonyl (C=O) groups is 1. The van der Waals surface area contributed by atoms with E-state index in [0.29, 0.717) is 5.75 Å². The zero-order chi connectivity index (χ0) is 16.9. The molecule has 0 saturated carbocycles. The van der Waals surface area contributed by atoms with Crippen molar-refractivity contribution in [2.45, 2.75) is 19.4 Å². The summed E-state index contributed by atoms with van der Waals surface area (Å²) in [5.74, 6) is -7.08. The van der Waals surface area contributed by atoms with E-state index < -0.39 is 41.2 Å². The molecule has 0 radical (unpaired) electrons. The number of rotatable bonds is 7. The molecule has 1 unspecified atom stereocenters. The van der Waals surface area contributed by atoms with Crippen molar-refractivity contribution in [1.29, 1.82) is 0 Å². The van der Waals surface area contributed by atoms with E-state index in [0.717, 1.165) is 4.90 Å². The molecule has 0 fully saturated rings. The molecule has 9 heteroatoms. The molecular formula is C13H16F4N2O2S. The summed E-state index contributed by atoms with van der Waals surface area (Å²) in [5, 5.41) is 0. The largest absolute Gasteiger partial charge is 0.464 e. The number of esters is 1. The molecule has 4 nitrogen and oxygen atoms in total. The van der Waals surface area contributed by atoms with E-state index in [9.17, 15) is 22.4 Å². The van der Waals surface area contributed by atoms with E-state index in [1.165, 1.54) is 18.8 Å². The lowest BCUT2D eigenvalue weighted by atomic mass is 10.1. The third-order valence-corrected chi connectivity index (χ3v) is 3.59. The lowest BCUT2D eigenvalue weighted by molar-refractivity contribution is -0.144. The smallest absolute Gasteiger partial charge is 0.328 e. The van der Waals surface area contributed by atoms with Crippen molar-refractivity contribution in [2.24, 2.45) is 0 Å². The third kappa shape index (κ3) is 4.02. The Balaban J connectivity index is 3.23. The average molecular weight is 340 g/mol. The number of hydrogen-bond acceptors (Lipinski definition) is 5. The summed E-state index contributed by atoms with van der Waals surface area (Å²) < 4.78 is 58.8. The van der Waals surface area contributed by atoms with E-state index in [1.807, 2.05) is 0 Å². The minimum Gasteiger partial charge on any atom is -0.464 e. The molecular weight excluding hydrogens is 324 g/mol. The molecule has 1 atom stereocenters. The number of halogens is 4. The second-order valence-electron chi connectivity index (χ2n) is 4.33. The topological polar surface area (TPSA) is 42.4 Å². The van der Waals surface area contributed by atoms with Crippen LogP contribution in [0.25, 0.3) is 0 Å². The molecule has 0 amide bonds. The number of thioether (sulfide) groups is 1. The van der Waals surface area contributed by atoms with Gasteiger partial charge in [0.1, 0.15) is 11.7 Å². The zero-order valence-electron chi connectivity index (χ0n) is 12.3. The standard InChI is InChI=1S/C13H16F4N2O2S/c1-4-21-13(20)7(5-6-22-3)19(2)10-8(14)11(16)18-12(17)9(10)15/h7H,4-6H2,1-3H3. The highest BCUT2D eigenvalue weighted by Gasteiger charge is 2.31. The molecule has 0 aromatic carbocycles. The quantitative estimate of drug-likeness (QED) is 0.434. The predicted octanol–water partition coefficient (Wildman–Crippen LogP) is 2.76. The van der Waals surface area contributed by atoms with Crippen LogP contribution in [0.2, 0.25) is 0 Å². The van der Waals surface area contributed by atoms with Crippen molar-refractivity contribution in [3.63, 3.8) is 0 Å². The Morgan fingerprint density at radius 3 is 2.27 bits per heavy atom. The average Bonchev–Trinajstić information content (AvgIpc) is 2.46. The second-order valence-corrected chi connectivity index (χ2v) is 5.32. The fourth-order valence-corrected chi connectivity index (χ4v) is 2.34. The number of ether oxygens (including phenoxy) is 1. The van der Waals surface area contributed by atoms with Gasteiger partial charge >= 0.3 is 5.97 Å². The molecule has 1 rings (SSSR count). The first kappa shape index (κ1) is 18.5. The number of nitrogens with zero attached hydrogens (tertiary/aromatic N) is 2. The number of carbonyl (C=O) groups excluding carboxylic acids is 1. The normalized spacial score (nSPS) is 12.1. The van der Waals surface area contributed by atoms with Crippen molar-refractivity contribution in [3.05, 3.63) is 23.5 Å². The number of anilines is 1. The van der Waals surface area contributed by atoms with Gasteiger partial charge in [0.2, 0.25) is 11.6 Å². The number of likely N-dealkylation sites (N-methyl/N-ethyl adjacent to an activating group) is 1. The second kappa shape index (κ2) is 8.21. The Bertz CT molecular complexity index is 519. The highest BCUT2D eigenvalue weighted by Crippen LogP contribution is 2.28. The minimum atomic E-state index is -1.77. The molecule has 0 aliphatic carbocycles. The van der Waals surface area contributed by atoms with E-state index in [2.05, 4.69) is 4.98 Å². The van der Waals surface area contributed by atoms with Crippen molar-refractivity contribution < 1.29 is 27.1 Å². The monoisotopic (exact) mass is 340 g/mol. The minimum absolute atomic E-state index is 0.0759. The molecule has 0 saturated heterocycles. The fraction of sp³-hybridized carbons (Fsp3) is 0.538. The highest BCUT2D eigenvalue weighted by molar-refractivity contribution is 7.98. The van der Waals surface area contributed by atoms with Gasteiger partial charge in [-0.2, -0.15) is 34.3 Å². The molecule has 0 bridgehead atoms. The van der Waals surface area contributed by atoms with Crippen LogP contribution < -0.4 is 4.90 Å². The van der Waals surface area contributed by atoms with Gasteiger partial charge in [-0.1, -0.05) is 0 Å². The van der Waals surface area contributed by atoms with Crippen LogP contribution in [0.3, 0.4) is 0 Å². The van der Waals surface area contributed by atoms with E-state index in [4.69, 9.17) is 4.74 Å². The summed E-state index contributed by atoms with van der Waals surface area (Å²) in [6, 6.07) is -1.07. The van der Waals surface area contributed by atoms with Crippen molar-refractivity contribution in [3.8, 4) is 0 Å². The summed E-state index contributed by atoms with van der Waals surface area (Å²) in [6.45, 7) is 1.66. The highest BCUT2D eigenvalue weighted by atomic mass is 32.2. The maximum absolute atomic E-state index is 13.8. The Morgan fingerprint density at radius 2 is 1.82 bits per heavy atom. The Morgan fingerprint density at radius 1 is 1.27 bits per heavy atom. The van der Waals surface area contributed by atoms with Crippen molar-refractivity contribution in [2.75, 3.05) is 30.6 Å². The van der Waals surface area contributed by atoms with Gasteiger partial charge in [0.05, 0.1) is 6.61 Å². The van der Waals surface area contributed by atoms with Crippen LogP contribution in [0, 0.1) is 23.5 Å². The molecule has 0 spiro atoms. The van der Waals surface area contributed by atoms with Crippen LogP contribution in [-0.4, -0.2) is 42.7 Å². The van der Waals surface area contributed by atoms with Gasteiger partial charge in [-0.05, 0) is 25.4 Å². The molecule has 124 valence electrons. The van der Waals surface area contributed by atoms with Crippen LogP contribution in [0.4, 0.5) is 23.2 Å². The first-order chi connectivity index (χ1) is 10.3. The Kier molecular flexibility index (Phi) is 6.92. The molecule has 1 aromatic rings. The lowest BCUT2D eigenvalue weighted by Crippen LogP contribution is -2.41. The van der Waals surface area contributed by atoms with Gasteiger partial charge in [-0.25, -0.2) is 4.79 Å². The van der Waals surface area contributed by atoms with Gasteiger partial charge in [-0.3, -0.25) is 0 Å². The van der Waals surface area contributed by atoms with E-state index >= 15 is 0 Å². The zero-order valence-corrected chi connectivity index (χ0v) is 13.1. The Labute approximate surface area is 129 Å². The molecule has 1 aromatic heterocycles. The number of hydrogen-bond donors (Lipinski definition) is 0. The van der Waals surface area contributed by atoms with Gasteiger partial charge in [-0.15, -0.1) is 0 Å². The first-order valence-corrected chi connectivity index (χ1v) is 7.82. The SMILES string of the molecule is CCOC(=O)C(CCSC)N(C)c1c(F)c(F)nc(F)c1F. The summed E-state index contributed by atoms with van der Waals surface area (Å²) >= 11 is 1.41. The molecule has 22 heavy (non-hydrogen) atoms. The summed E-state index contributed by atoms with van der Waals surface area (Å²) in [7, 11) is 1.17. The van der Waals surface area contributed by atoms with Gasteiger partial charge in [0, 0.05) is 7.05 Å². The van der Waals surface area contributed by atoms with Crippen molar-refractivity contribution >= 4 is 23.4 Å². The van der Waals surface area contributed by atoms with Gasteiger partial charge < -0.3 is 9.64 Å². The maximum atomic E-state index is 13.8. The Hall–Kier alpha value is -1.51. The third-order valence-electron chi connectivity index (χ3n) is 2.95. The lowest BCUT2D eigenvalue weighted by Gasteiger charge is -2.28. The number of aromatic nitrogens is 1.